The smallest absolute Gasteiger partial charge is 0.414 e. The van der Waals surface area contributed by atoms with Crippen LogP contribution in [-0.2, 0) is 23.7 Å². The van der Waals surface area contributed by atoms with Gasteiger partial charge >= 0.3 is 17.6 Å². The Bertz CT molecular complexity index is 1300. The van der Waals surface area contributed by atoms with Crippen LogP contribution in [0.15, 0.2) is 33.9 Å². The van der Waals surface area contributed by atoms with E-state index in [0.717, 1.165) is 4.57 Å². The van der Waals surface area contributed by atoms with Gasteiger partial charge in [-0.1, -0.05) is 0 Å². The molecule has 15 nitrogen and oxygen atoms in total. The van der Waals surface area contributed by atoms with Crippen molar-refractivity contribution in [2.24, 2.45) is 14.1 Å². The second-order valence-electron chi connectivity index (χ2n) is 8.02. The van der Waals surface area contributed by atoms with E-state index in [1.165, 1.54) is 42.8 Å². The van der Waals surface area contributed by atoms with E-state index in [1.807, 2.05) is 4.90 Å². The molecule has 0 radical (unpaired) electrons. The van der Waals surface area contributed by atoms with Crippen molar-refractivity contribution in [2.75, 3.05) is 44.2 Å². The van der Waals surface area contributed by atoms with Gasteiger partial charge in [0.1, 0.15) is 18.2 Å². The van der Waals surface area contributed by atoms with Crippen molar-refractivity contribution in [3.63, 3.8) is 0 Å². The molecule has 3 rings (SSSR count). The number of benzene rings is 1. The summed E-state index contributed by atoms with van der Waals surface area (Å²) in [5, 5.41) is 25.7. The van der Waals surface area contributed by atoms with Crippen LogP contribution >= 0.6 is 0 Å². The number of rotatable bonds is 7. The molecule has 1 aliphatic rings. The van der Waals surface area contributed by atoms with Crippen molar-refractivity contribution in [1.82, 2.24) is 14.0 Å². The van der Waals surface area contributed by atoms with Crippen LogP contribution in [0.2, 0.25) is 0 Å². The Morgan fingerprint density at radius 1 is 1.00 bits per heavy atom. The maximum Gasteiger partial charge on any atom is 0.414 e. The van der Waals surface area contributed by atoms with Crippen LogP contribution in [0.5, 0.6) is 5.75 Å². The number of carbonyl (C=O) groups excluding carboxylic acids is 1. The van der Waals surface area contributed by atoms with Gasteiger partial charge in [-0.3, -0.25) is 33.7 Å². The van der Waals surface area contributed by atoms with Crippen LogP contribution in [0.25, 0.3) is 0 Å². The number of Topliss-reactive ketones (excluding diaryl/α,β-unsaturated/α-hetero) is 1. The van der Waals surface area contributed by atoms with E-state index >= 15 is 0 Å². The van der Waals surface area contributed by atoms with Gasteiger partial charge in [0.15, 0.2) is 5.78 Å². The second kappa shape index (κ2) is 12.4. The monoisotopic (exact) mass is 521 g/mol. The molecule has 0 saturated carbocycles. The summed E-state index contributed by atoms with van der Waals surface area (Å²) in [5.41, 5.74) is -0.662. The number of ether oxygens (including phenoxy) is 1. The van der Waals surface area contributed by atoms with Crippen LogP contribution in [0.4, 0.5) is 11.5 Å². The molecule has 1 aromatic heterocycles. The van der Waals surface area contributed by atoms with Crippen LogP contribution < -0.4 is 20.9 Å². The molecular weight excluding hydrogens is 494 g/mol. The third-order valence-electron chi connectivity index (χ3n) is 5.60. The predicted octanol–water partition coefficient (Wildman–Crippen LogP) is -0.449. The molecule has 1 saturated heterocycles. The quantitative estimate of drug-likeness (QED) is 0.206. The van der Waals surface area contributed by atoms with E-state index in [2.05, 4.69) is 4.90 Å². The Morgan fingerprint density at radius 2 is 1.59 bits per heavy atom. The average molecular weight is 521 g/mol. The van der Waals surface area contributed by atoms with Crippen molar-refractivity contribution in [1.29, 1.82) is 0 Å². The minimum atomic E-state index is -1.82. The standard InChI is InChI=1S/C20H25N5O6.C2H2O4/c1-14(26)16-12-15(25(29)30)4-5-17(16)31-11-10-23-6-8-24(9-7-23)18-13-19(27)22(3)20(28)21(18)2;3-1(4)2(5)6/h4-5,12-13H,6-11H2,1-3H3;(H,3,4)(H,5,6). The highest BCUT2D eigenvalue weighted by atomic mass is 16.6. The molecule has 0 bridgehead atoms. The molecule has 2 N–H and O–H groups in total. The zero-order valence-corrected chi connectivity index (χ0v) is 20.4. The minimum absolute atomic E-state index is 0.154. The fourth-order valence-electron chi connectivity index (χ4n) is 3.54. The zero-order chi connectivity index (χ0) is 27.9. The molecular formula is C22H27N5O10. The molecule has 0 spiro atoms. The lowest BCUT2D eigenvalue weighted by atomic mass is 10.1. The van der Waals surface area contributed by atoms with Gasteiger partial charge in [-0.2, -0.15) is 0 Å². The number of non-ortho nitro benzene ring substituents is 1. The molecule has 0 unspecified atom stereocenters. The first-order valence-corrected chi connectivity index (χ1v) is 11.0. The summed E-state index contributed by atoms with van der Waals surface area (Å²) in [5.74, 6) is -3.02. The number of aliphatic carboxylic acids is 2. The first-order valence-electron chi connectivity index (χ1n) is 11.0. The van der Waals surface area contributed by atoms with E-state index < -0.39 is 16.9 Å². The number of carbonyl (C=O) groups is 3. The minimum Gasteiger partial charge on any atom is -0.491 e. The van der Waals surface area contributed by atoms with Gasteiger partial charge < -0.3 is 19.8 Å². The summed E-state index contributed by atoms with van der Waals surface area (Å²) < 4.78 is 8.27. The van der Waals surface area contributed by atoms with Crippen LogP contribution in [0.3, 0.4) is 0 Å². The Hall–Kier alpha value is -4.53. The summed E-state index contributed by atoms with van der Waals surface area (Å²) in [6.45, 7) is 5.00. The van der Waals surface area contributed by atoms with E-state index in [0.29, 0.717) is 50.9 Å². The van der Waals surface area contributed by atoms with Crippen LogP contribution in [0, 0.1) is 10.1 Å². The molecule has 0 aliphatic carbocycles. The molecule has 2 heterocycles. The van der Waals surface area contributed by atoms with Crippen molar-refractivity contribution >= 4 is 29.2 Å². The zero-order valence-electron chi connectivity index (χ0n) is 20.4. The normalized spacial score (nSPS) is 13.3. The maximum atomic E-state index is 12.1. The number of nitrogens with zero attached hydrogens (tertiary/aromatic N) is 5. The third-order valence-corrected chi connectivity index (χ3v) is 5.60. The Morgan fingerprint density at radius 3 is 2.11 bits per heavy atom. The molecule has 200 valence electrons. The van der Waals surface area contributed by atoms with Crippen molar-refractivity contribution in [2.45, 2.75) is 6.92 Å². The van der Waals surface area contributed by atoms with Crippen molar-refractivity contribution in [3.05, 3.63) is 60.8 Å². The largest absolute Gasteiger partial charge is 0.491 e. The second-order valence-corrected chi connectivity index (χ2v) is 8.02. The fraction of sp³-hybridized carbons (Fsp3) is 0.409. The molecule has 1 aromatic carbocycles. The number of hydrogen-bond donors (Lipinski definition) is 2. The first-order chi connectivity index (χ1) is 17.3. The first kappa shape index (κ1) is 28.7. The number of carboxylic acid groups (broad SMARTS) is 2. The molecule has 1 fully saturated rings. The molecule has 37 heavy (non-hydrogen) atoms. The molecule has 0 amide bonds. The van der Waals surface area contributed by atoms with Crippen LogP contribution in [0.1, 0.15) is 17.3 Å². The Balaban J connectivity index is 0.000000717. The summed E-state index contributed by atoms with van der Waals surface area (Å²) in [4.78, 5) is 68.7. The molecule has 15 heteroatoms. The maximum absolute atomic E-state index is 12.1. The van der Waals surface area contributed by atoms with Gasteiger partial charge in [0, 0.05) is 65.0 Å². The lowest BCUT2D eigenvalue weighted by molar-refractivity contribution is -0.384. The van der Waals surface area contributed by atoms with Crippen molar-refractivity contribution < 1.29 is 34.3 Å². The topological polar surface area (TPSA) is 195 Å². The number of ketones is 1. The SMILES string of the molecule is CC(=O)c1cc([N+](=O)[O-])ccc1OCCN1CCN(c2cc(=O)n(C)c(=O)n2C)CC1.O=C(O)C(=O)O. The summed E-state index contributed by atoms with van der Waals surface area (Å²) in [6, 6.07) is 5.46. The van der Waals surface area contributed by atoms with E-state index in [-0.39, 0.29) is 28.3 Å². The summed E-state index contributed by atoms with van der Waals surface area (Å²) >= 11 is 0. The van der Waals surface area contributed by atoms with Crippen molar-refractivity contribution in [3.8, 4) is 5.75 Å². The average Bonchev–Trinajstić information content (AvgIpc) is 2.85. The lowest BCUT2D eigenvalue weighted by Crippen LogP contribution is -2.50. The molecule has 2 aromatic rings. The van der Waals surface area contributed by atoms with Gasteiger partial charge in [-0.15, -0.1) is 0 Å². The number of anilines is 1. The number of aromatic nitrogens is 2. The van der Waals surface area contributed by atoms with Gasteiger partial charge in [0.25, 0.3) is 11.2 Å². The Kier molecular flexibility index (Phi) is 9.65. The highest BCUT2D eigenvalue weighted by molar-refractivity contribution is 6.27. The van der Waals surface area contributed by atoms with Gasteiger partial charge in [-0.25, -0.2) is 14.4 Å². The van der Waals surface area contributed by atoms with E-state index in [1.54, 1.807) is 7.05 Å². The predicted molar refractivity (Wildman–Crippen MR) is 129 cm³/mol. The Labute approximate surface area is 209 Å². The highest BCUT2D eigenvalue weighted by Gasteiger charge is 2.21. The summed E-state index contributed by atoms with van der Waals surface area (Å²) in [6.07, 6.45) is 0. The number of piperazine rings is 1. The van der Waals surface area contributed by atoms with Crippen LogP contribution in [-0.4, -0.2) is 86.2 Å². The lowest BCUT2D eigenvalue weighted by Gasteiger charge is -2.36. The number of nitro benzene ring substituents is 1. The van der Waals surface area contributed by atoms with E-state index in [4.69, 9.17) is 24.5 Å². The number of hydrogen-bond acceptors (Lipinski definition) is 10. The van der Waals surface area contributed by atoms with E-state index in [9.17, 15) is 24.5 Å². The molecule has 0 atom stereocenters. The number of carboxylic acids is 2. The fourth-order valence-corrected chi connectivity index (χ4v) is 3.54. The number of nitro groups is 1. The third kappa shape index (κ3) is 7.47. The van der Waals surface area contributed by atoms with Gasteiger partial charge in [-0.05, 0) is 13.0 Å². The molecule has 1 aliphatic heterocycles. The summed E-state index contributed by atoms with van der Waals surface area (Å²) in [7, 11) is 3.10. The van der Waals surface area contributed by atoms with Gasteiger partial charge in [0.2, 0.25) is 0 Å². The van der Waals surface area contributed by atoms with Gasteiger partial charge in [0.05, 0.1) is 10.5 Å². The highest BCUT2D eigenvalue weighted by Crippen LogP contribution is 2.24.